The van der Waals surface area contributed by atoms with E-state index < -0.39 is 0 Å². The van der Waals surface area contributed by atoms with Crippen LogP contribution in [0.2, 0.25) is 0 Å². The van der Waals surface area contributed by atoms with Crippen LogP contribution in [0.1, 0.15) is 44.7 Å². The van der Waals surface area contributed by atoms with E-state index in [1.807, 2.05) is 34.9 Å². The maximum absolute atomic E-state index is 12.5. The Morgan fingerprint density at radius 1 is 1.30 bits per heavy atom. The number of piperidine rings is 2. The van der Waals surface area contributed by atoms with E-state index in [1.54, 1.807) is 6.20 Å². The van der Waals surface area contributed by atoms with Crippen molar-refractivity contribution >= 4 is 11.8 Å². The number of likely N-dealkylation sites (tertiary alicyclic amines) is 2. The molecule has 148 valence electrons. The largest absolute Gasteiger partial charge is 0.372 e. The molecule has 1 spiro atoms. The summed E-state index contributed by atoms with van der Waals surface area (Å²) < 4.78 is 5.44. The second-order valence-electron chi connectivity index (χ2n) is 7.86. The van der Waals surface area contributed by atoms with Gasteiger partial charge in [0, 0.05) is 62.9 Å². The number of nitrogens with zero attached hydrogens (tertiary/aromatic N) is 3. The third-order valence-electron chi connectivity index (χ3n) is 5.70. The molecule has 6 heteroatoms. The predicted octanol–water partition coefficient (Wildman–Crippen LogP) is 2.28. The van der Waals surface area contributed by atoms with E-state index >= 15 is 0 Å². The molecule has 0 radical (unpaired) electrons. The summed E-state index contributed by atoms with van der Waals surface area (Å²) >= 11 is 0. The van der Waals surface area contributed by atoms with Crippen molar-refractivity contribution in [3.8, 4) is 0 Å². The number of carbonyl (C=O) groups excluding carboxylic acids is 2. The Labute approximate surface area is 161 Å². The molecule has 1 aromatic heterocycles. The van der Waals surface area contributed by atoms with Gasteiger partial charge in [-0.3, -0.25) is 14.6 Å². The van der Waals surface area contributed by atoms with Gasteiger partial charge in [-0.1, -0.05) is 13.0 Å². The second kappa shape index (κ2) is 9.31. The number of aromatic nitrogens is 1. The van der Waals surface area contributed by atoms with Gasteiger partial charge in [0.15, 0.2) is 0 Å². The highest BCUT2D eigenvalue weighted by molar-refractivity contribution is 5.78. The first-order valence-electron chi connectivity index (χ1n) is 10.2. The fourth-order valence-corrected chi connectivity index (χ4v) is 4.25. The van der Waals surface area contributed by atoms with Gasteiger partial charge in [0.1, 0.15) is 6.61 Å². The lowest BCUT2D eigenvalue weighted by Gasteiger charge is -2.48. The lowest BCUT2D eigenvalue weighted by Crippen LogP contribution is -2.55. The number of hydrogen-bond acceptors (Lipinski definition) is 4. The molecule has 0 N–H and O–H groups in total. The molecule has 1 aromatic rings. The van der Waals surface area contributed by atoms with E-state index in [0.29, 0.717) is 19.6 Å². The topological polar surface area (TPSA) is 62.7 Å². The standard InChI is InChI=1S/C21H31N3O3/c1-2-14-27-15-20(26)23-12-5-9-21(16-23)10-7-19(25)24(17-21)13-8-18-6-3-4-11-22-18/h3-4,6,11H,2,5,7-10,12-17H2,1H3. The Morgan fingerprint density at radius 3 is 2.96 bits per heavy atom. The van der Waals surface area contributed by atoms with Crippen LogP contribution in [0.15, 0.2) is 24.4 Å². The average Bonchev–Trinajstić information content (AvgIpc) is 2.70. The van der Waals surface area contributed by atoms with Crippen molar-refractivity contribution in [2.45, 2.75) is 45.4 Å². The number of carbonyl (C=O) groups is 2. The third kappa shape index (κ3) is 5.28. The van der Waals surface area contributed by atoms with Crippen molar-refractivity contribution in [3.63, 3.8) is 0 Å². The zero-order chi connectivity index (χ0) is 19.1. The molecule has 1 unspecified atom stereocenters. The van der Waals surface area contributed by atoms with E-state index in [2.05, 4.69) is 4.98 Å². The maximum Gasteiger partial charge on any atom is 0.248 e. The SMILES string of the molecule is CCCOCC(=O)N1CCCC2(CCC(=O)N(CCc3ccccn3)C2)C1. The number of pyridine rings is 1. The minimum atomic E-state index is 0.0384. The molecule has 27 heavy (non-hydrogen) atoms. The summed E-state index contributed by atoms with van der Waals surface area (Å²) in [5.41, 5.74) is 1.05. The molecule has 0 aliphatic carbocycles. The Bertz CT molecular complexity index is 637. The van der Waals surface area contributed by atoms with Crippen LogP contribution in [0.5, 0.6) is 0 Å². The summed E-state index contributed by atoms with van der Waals surface area (Å²) in [6, 6.07) is 5.89. The third-order valence-corrected chi connectivity index (χ3v) is 5.70. The molecule has 6 nitrogen and oxygen atoms in total. The number of rotatable bonds is 7. The summed E-state index contributed by atoms with van der Waals surface area (Å²) in [7, 11) is 0. The van der Waals surface area contributed by atoms with Gasteiger partial charge in [0.2, 0.25) is 11.8 Å². The molecule has 2 aliphatic rings. The Morgan fingerprint density at radius 2 is 2.19 bits per heavy atom. The van der Waals surface area contributed by atoms with Crippen LogP contribution in [-0.4, -0.2) is 66.0 Å². The Hall–Kier alpha value is -1.95. The van der Waals surface area contributed by atoms with Crippen molar-refractivity contribution < 1.29 is 14.3 Å². The van der Waals surface area contributed by atoms with Crippen molar-refractivity contribution in [2.24, 2.45) is 5.41 Å². The molecule has 2 amide bonds. The fourth-order valence-electron chi connectivity index (χ4n) is 4.25. The quantitative estimate of drug-likeness (QED) is 0.688. The van der Waals surface area contributed by atoms with Crippen molar-refractivity contribution in [1.29, 1.82) is 0 Å². The molecule has 3 heterocycles. The zero-order valence-electron chi connectivity index (χ0n) is 16.4. The first-order chi connectivity index (χ1) is 13.1. The van der Waals surface area contributed by atoms with E-state index in [1.165, 1.54) is 0 Å². The summed E-state index contributed by atoms with van der Waals surface area (Å²) in [4.78, 5) is 33.2. The lowest BCUT2D eigenvalue weighted by atomic mass is 9.73. The normalized spacial score (nSPS) is 23.1. The first kappa shape index (κ1) is 19.8. The Kier molecular flexibility index (Phi) is 6.83. The van der Waals surface area contributed by atoms with Crippen LogP contribution in [-0.2, 0) is 20.7 Å². The molecule has 2 saturated heterocycles. The van der Waals surface area contributed by atoms with E-state index in [9.17, 15) is 9.59 Å². The highest BCUT2D eigenvalue weighted by atomic mass is 16.5. The molecular formula is C21H31N3O3. The summed E-state index contributed by atoms with van der Waals surface area (Å²) in [6.45, 7) is 5.84. The lowest BCUT2D eigenvalue weighted by molar-refractivity contribution is -0.145. The monoisotopic (exact) mass is 373 g/mol. The van der Waals surface area contributed by atoms with Crippen LogP contribution in [0, 0.1) is 5.41 Å². The van der Waals surface area contributed by atoms with Gasteiger partial charge in [0.25, 0.3) is 0 Å². The van der Waals surface area contributed by atoms with Crippen LogP contribution in [0.4, 0.5) is 0 Å². The first-order valence-corrected chi connectivity index (χ1v) is 10.2. The second-order valence-corrected chi connectivity index (χ2v) is 7.86. The van der Waals surface area contributed by atoms with Gasteiger partial charge in [-0.2, -0.15) is 0 Å². The summed E-state index contributed by atoms with van der Waals surface area (Å²) in [5, 5.41) is 0. The van der Waals surface area contributed by atoms with Crippen LogP contribution < -0.4 is 0 Å². The summed E-state index contributed by atoms with van der Waals surface area (Å²) in [6.07, 6.45) is 7.03. The van der Waals surface area contributed by atoms with Crippen molar-refractivity contribution in [3.05, 3.63) is 30.1 Å². The van der Waals surface area contributed by atoms with Crippen LogP contribution in [0.25, 0.3) is 0 Å². The highest BCUT2D eigenvalue weighted by Crippen LogP contribution is 2.38. The smallest absolute Gasteiger partial charge is 0.248 e. The van der Waals surface area contributed by atoms with Crippen molar-refractivity contribution in [2.75, 3.05) is 39.4 Å². The van der Waals surface area contributed by atoms with Gasteiger partial charge in [-0.25, -0.2) is 0 Å². The van der Waals surface area contributed by atoms with Gasteiger partial charge in [-0.15, -0.1) is 0 Å². The molecule has 0 aromatic carbocycles. The van der Waals surface area contributed by atoms with E-state index in [-0.39, 0.29) is 23.8 Å². The zero-order valence-corrected chi connectivity index (χ0v) is 16.4. The average molecular weight is 373 g/mol. The minimum absolute atomic E-state index is 0.0384. The number of amides is 2. The maximum atomic E-state index is 12.5. The molecule has 1 atom stereocenters. The van der Waals surface area contributed by atoms with Crippen LogP contribution in [0.3, 0.4) is 0 Å². The molecule has 3 rings (SSSR count). The summed E-state index contributed by atoms with van der Waals surface area (Å²) in [5.74, 6) is 0.311. The minimum Gasteiger partial charge on any atom is -0.372 e. The van der Waals surface area contributed by atoms with Gasteiger partial charge in [-0.05, 0) is 37.8 Å². The number of hydrogen-bond donors (Lipinski definition) is 0. The molecule has 2 fully saturated rings. The van der Waals surface area contributed by atoms with E-state index in [4.69, 9.17) is 4.74 Å². The van der Waals surface area contributed by atoms with Crippen LogP contribution >= 0.6 is 0 Å². The van der Waals surface area contributed by atoms with Gasteiger partial charge in [0.05, 0.1) is 0 Å². The van der Waals surface area contributed by atoms with E-state index in [0.717, 1.165) is 57.4 Å². The highest BCUT2D eigenvalue weighted by Gasteiger charge is 2.42. The van der Waals surface area contributed by atoms with Crippen molar-refractivity contribution in [1.82, 2.24) is 14.8 Å². The molecule has 0 saturated carbocycles. The molecule has 2 aliphatic heterocycles. The van der Waals surface area contributed by atoms with Gasteiger partial charge < -0.3 is 14.5 Å². The molecular weight excluding hydrogens is 342 g/mol. The number of ether oxygens (including phenoxy) is 1. The fraction of sp³-hybridized carbons (Fsp3) is 0.667. The predicted molar refractivity (Wildman–Crippen MR) is 103 cm³/mol. The Balaban J connectivity index is 1.57. The molecule has 0 bridgehead atoms. The van der Waals surface area contributed by atoms with Gasteiger partial charge >= 0.3 is 0 Å².